The summed E-state index contributed by atoms with van der Waals surface area (Å²) in [6.45, 7) is 7.93. The van der Waals surface area contributed by atoms with E-state index in [1.807, 2.05) is 34.0 Å². The van der Waals surface area contributed by atoms with Gasteiger partial charge in [-0.05, 0) is 52.6 Å². The van der Waals surface area contributed by atoms with Gasteiger partial charge in [0.1, 0.15) is 0 Å². The van der Waals surface area contributed by atoms with Crippen molar-refractivity contribution in [3.63, 3.8) is 0 Å². The van der Waals surface area contributed by atoms with Crippen LogP contribution in [0.1, 0.15) is 40.5 Å². The zero-order chi connectivity index (χ0) is 11.0. The molecule has 0 bridgehead atoms. The Hall–Kier alpha value is 0.230. The third kappa shape index (κ3) is 2.42. The lowest BCUT2D eigenvalue weighted by Gasteiger charge is -2.49. The molecule has 1 aliphatic heterocycles. The van der Waals surface area contributed by atoms with E-state index < -0.39 is 0 Å². The van der Waals surface area contributed by atoms with Gasteiger partial charge in [0, 0.05) is 17.3 Å². The Balaban J connectivity index is 2.75. The van der Waals surface area contributed by atoms with Crippen molar-refractivity contribution in [2.45, 2.75) is 57.7 Å². The van der Waals surface area contributed by atoms with Crippen molar-refractivity contribution in [3.05, 3.63) is 0 Å². The molecule has 0 spiro atoms. The number of hydrogen-bond acceptors (Lipinski definition) is 3. The maximum atomic E-state index is 12.0. The summed E-state index contributed by atoms with van der Waals surface area (Å²) in [5, 5.41) is 13.2. The predicted molar refractivity (Wildman–Crippen MR) is 58.3 cm³/mol. The second-order valence-corrected chi connectivity index (χ2v) is 5.74. The summed E-state index contributed by atoms with van der Waals surface area (Å²) >= 11 is 1.39. The molecule has 83 valence electrons. The Kier molecular flexibility index (Phi) is 3.52. The second-order valence-electron chi connectivity index (χ2n) is 5.21. The van der Waals surface area contributed by atoms with Crippen LogP contribution in [0.3, 0.4) is 0 Å². The summed E-state index contributed by atoms with van der Waals surface area (Å²) in [7, 11) is 0. The van der Waals surface area contributed by atoms with E-state index in [1.54, 1.807) is 0 Å². The van der Waals surface area contributed by atoms with Gasteiger partial charge < -0.3 is 4.18 Å². The highest BCUT2D eigenvalue weighted by molar-refractivity contribution is 7.93. The third-order valence-electron chi connectivity index (χ3n) is 2.79. The maximum Gasteiger partial charge on any atom is 0.0758 e. The highest BCUT2D eigenvalue weighted by Gasteiger charge is 2.46. The minimum absolute atomic E-state index is 0.195. The lowest BCUT2D eigenvalue weighted by molar-refractivity contribution is -0.296. The molecule has 1 heterocycles. The van der Waals surface area contributed by atoms with Crippen molar-refractivity contribution in [3.8, 4) is 0 Å². The molecule has 14 heavy (non-hydrogen) atoms. The topological polar surface area (TPSA) is 32.4 Å². The van der Waals surface area contributed by atoms with Crippen molar-refractivity contribution in [2.24, 2.45) is 0 Å². The zero-order valence-corrected chi connectivity index (χ0v) is 10.5. The fourth-order valence-electron chi connectivity index (χ4n) is 2.38. The van der Waals surface area contributed by atoms with Gasteiger partial charge in [-0.2, -0.15) is 0 Å². The average molecular weight is 218 g/mol. The predicted octanol–water partition coefficient (Wildman–Crippen LogP) is 2.65. The normalized spacial score (nSPS) is 27.9. The fourth-order valence-corrected chi connectivity index (χ4v) is 2.78. The monoisotopic (exact) mass is 218 g/mol. The molecule has 4 heteroatoms. The van der Waals surface area contributed by atoms with Crippen molar-refractivity contribution in [1.82, 2.24) is 5.06 Å². The molecule has 1 saturated heterocycles. The standard InChI is InChI=1S/C10H20NO2S/c1-9(2)6-8(13-14-5)7-10(3,4)11(9)12/h8H,6-7H2,1-5H3. The van der Waals surface area contributed by atoms with Gasteiger partial charge in [0.15, 0.2) is 0 Å². The number of piperidine rings is 1. The number of nitrogens with zero attached hydrogens (tertiary/aromatic N) is 1. The van der Waals surface area contributed by atoms with Crippen LogP contribution >= 0.6 is 12.0 Å². The van der Waals surface area contributed by atoms with Crippen molar-refractivity contribution in [2.75, 3.05) is 6.26 Å². The molecule has 0 amide bonds. The van der Waals surface area contributed by atoms with Gasteiger partial charge in [-0.15, -0.1) is 10.3 Å². The number of hydroxylamine groups is 2. The molecule has 1 rings (SSSR count). The summed E-state index contributed by atoms with van der Waals surface area (Å²) in [6.07, 6.45) is 3.73. The lowest BCUT2D eigenvalue weighted by atomic mass is 9.80. The largest absolute Gasteiger partial charge is 0.312 e. The molecule has 1 radical (unpaired) electrons. The average Bonchev–Trinajstić information content (AvgIpc) is 1.99. The SMILES string of the molecule is CSOC1CC(C)(C)N([O])C(C)(C)C1. The molecule has 3 nitrogen and oxygen atoms in total. The Morgan fingerprint density at radius 2 is 1.64 bits per heavy atom. The summed E-state index contributed by atoms with van der Waals surface area (Å²) in [6, 6.07) is 0. The van der Waals surface area contributed by atoms with Gasteiger partial charge in [0.05, 0.1) is 6.10 Å². The molecule has 0 aliphatic carbocycles. The van der Waals surface area contributed by atoms with Gasteiger partial charge in [-0.3, -0.25) is 0 Å². The molecule has 0 atom stereocenters. The molecule has 0 N–H and O–H groups in total. The highest BCUT2D eigenvalue weighted by Crippen LogP contribution is 2.38. The molecule has 0 unspecified atom stereocenters. The first kappa shape index (κ1) is 12.3. The molecule has 0 aromatic carbocycles. The van der Waals surface area contributed by atoms with Gasteiger partial charge in [-0.1, -0.05) is 0 Å². The Labute approximate surface area is 91.0 Å². The van der Waals surface area contributed by atoms with Crippen LogP contribution in [0.5, 0.6) is 0 Å². The minimum atomic E-state index is -0.317. The van der Waals surface area contributed by atoms with Crippen LogP contribution in [-0.4, -0.2) is 28.5 Å². The summed E-state index contributed by atoms with van der Waals surface area (Å²) < 4.78 is 5.55. The molecule has 0 saturated carbocycles. The van der Waals surface area contributed by atoms with E-state index in [1.165, 1.54) is 17.1 Å². The van der Waals surface area contributed by atoms with Crippen LogP contribution in [0.4, 0.5) is 0 Å². The third-order valence-corrected chi connectivity index (χ3v) is 3.25. The van der Waals surface area contributed by atoms with Gasteiger partial charge in [0.25, 0.3) is 0 Å². The van der Waals surface area contributed by atoms with Gasteiger partial charge in [-0.25, -0.2) is 0 Å². The van der Waals surface area contributed by atoms with Gasteiger partial charge >= 0.3 is 0 Å². The van der Waals surface area contributed by atoms with Crippen LogP contribution in [-0.2, 0) is 9.39 Å². The fraction of sp³-hybridized carbons (Fsp3) is 1.00. The molecule has 1 aliphatic rings. The maximum absolute atomic E-state index is 12.0. The smallest absolute Gasteiger partial charge is 0.0758 e. The van der Waals surface area contributed by atoms with Crippen LogP contribution < -0.4 is 0 Å². The van der Waals surface area contributed by atoms with Crippen molar-refractivity contribution >= 4 is 12.0 Å². The molecular formula is C10H20NO2S. The quantitative estimate of drug-likeness (QED) is 0.668. The summed E-state index contributed by atoms with van der Waals surface area (Å²) in [4.78, 5) is 0. The van der Waals surface area contributed by atoms with E-state index in [0.717, 1.165) is 12.8 Å². The van der Waals surface area contributed by atoms with E-state index >= 15 is 0 Å². The molecule has 0 aromatic heterocycles. The van der Waals surface area contributed by atoms with Crippen LogP contribution in [0.25, 0.3) is 0 Å². The van der Waals surface area contributed by atoms with Crippen LogP contribution in [0.15, 0.2) is 0 Å². The highest BCUT2D eigenvalue weighted by atomic mass is 32.2. The lowest BCUT2D eigenvalue weighted by Crippen LogP contribution is -2.59. The van der Waals surface area contributed by atoms with Crippen LogP contribution in [0, 0.1) is 0 Å². The van der Waals surface area contributed by atoms with E-state index in [2.05, 4.69) is 0 Å². The van der Waals surface area contributed by atoms with Gasteiger partial charge in [0.2, 0.25) is 0 Å². The Morgan fingerprint density at radius 1 is 1.21 bits per heavy atom. The van der Waals surface area contributed by atoms with E-state index in [4.69, 9.17) is 4.18 Å². The first-order valence-corrected chi connectivity index (χ1v) is 6.11. The van der Waals surface area contributed by atoms with E-state index in [-0.39, 0.29) is 17.2 Å². The molecule has 0 aromatic rings. The minimum Gasteiger partial charge on any atom is -0.312 e. The Morgan fingerprint density at radius 3 is 2.00 bits per heavy atom. The van der Waals surface area contributed by atoms with E-state index in [9.17, 15) is 5.21 Å². The van der Waals surface area contributed by atoms with Crippen molar-refractivity contribution < 1.29 is 9.39 Å². The van der Waals surface area contributed by atoms with Crippen molar-refractivity contribution in [1.29, 1.82) is 0 Å². The summed E-state index contributed by atoms with van der Waals surface area (Å²) in [5.41, 5.74) is -0.635. The Bertz CT molecular complexity index is 188. The molecule has 1 fully saturated rings. The van der Waals surface area contributed by atoms with E-state index in [0.29, 0.717) is 0 Å². The first-order valence-electron chi connectivity index (χ1n) is 4.96. The second kappa shape index (κ2) is 4.00. The number of hydrogen-bond donors (Lipinski definition) is 0. The molecular weight excluding hydrogens is 198 g/mol. The number of rotatable bonds is 2. The van der Waals surface area contributed by atoms with Crippen LogP contribution in [0.2, 0.25) is 0 Å². The zero-order valence-electron chi connectivity index (χ0n) is 9.66. The summed E-state index contributed by atoms with van der Waals surface area (Å²) in [5.74, 6) is 0. The first-order chi connectivity index (χ1) is 6.29.